The molecule has 0 saturated heterocycles. The molecule has 0 unspecified atom stereocenters. The number of ether oxygens (including phenoxy) is 1. The molecular formula is C8H11BrClNO. The summed E-state index contributed by atoms with van der Waals surface area (Å²) in [5, 5.41) is 0. The van der Waals surface area contributed by atoms with Gasteiger partial charge in [0, 0.05) is 10.0 Å². The van der Waals surface area contributed by atoms with Gasteiger partial charge in [-0.15, -0.1) is 12.4 Å². The largest absolute Gasteiger partial charge is 0.496 e. The number of rotatable bonds is 1. The number of methoxy groups -OCH3 is 1. The minimum Gasteiger partial charge on any atom is -0.496 e. The first kappa shape index (κ1) is 11.6. The van der Waals surface area contributed by atoms with Crippen LogP contribution >= 0.6 is 28.3 Å². The van der Waals surface area contributed by atoms with Crippen LogP contribution in [0.3, 0.4) is 0 Å². The van der Waals surface area contributed by atoms with Crippen LogP contribution in [0.15, 0.2) is 16.6 Å². The number of hydrogen-bond acceptors (Lipinski definition) is 2. The monoisotopic (exact) mass is 251 g/mol. The van der Waals surface area contributed by atoms with Crippen LogP contribution in [0.4, 0.5) is 5.69 Å². The Labute approximate surface area is 86.6 Å². The third kappa shape index (κ3) is 2.05. The molecule has 1 aromatic carbocycles. The van der Waals surface area contributed by atoms with Gasteiger partial charge in [-0.3, -0.25) is 0 Å². The van der Waals surface area contributed by atoms with Gasteiger partial charge in [-0.2, -0.15) is 0 Å². The van der Waals surface area contributed by atoms with Crippen LogP contribution in [0, 0.1) is 6.92 Å². The maximum absolute atomic E-state index is 5.73. The van der Waals surface area contributed by atoms with E-state index in [1.165, 1.54) is 0 Å². The first-order chi connectivity index (χ1) is 5.16. The first-order valence-corrected chi connectivity index (χ1v) is 4.04. The highest BCUT2D eigenvalue weighted by atomic mass is 79.9. The van der Waals surface area contributed by atoms with E-state index in [9.17, 15) is 0 Å². The molecule has 0 heterocycles. The lowest BCUT2D eigenvalue weighted by Crippen LogP contribution is -1.94. The number of hydrogen-bond donors (Lipinski definition) is 1. The maximum Gasteiger partial charge on any atom is 0.123 e. The molecule has 0 aliphatic rings. The van der Waals surface area contributed by atoms with Crippen LogP contribution in [0.25, 0.3) is 0 Å². The summed E-state index contributed by atoms with van der Waals surface area (Å²) >= 11 is 3.33. The first-order valence-electron chi connectivity index (χ1n) is 3.25. The number of nitrogen functional groups attached to an aromatic ring is 1. The van der Waals surface area contributed by atoms with Crippen LogP contribution in [0.2, 0.25) is 0 Å². The van der Waals surface area contributed by atoms with Gasteiger partial charge in [-0.1, -0.05) is 0 Å². The predicted molar refractivity (Wildman–Crippen MR) is 57.1 cm³/mol. The van der Waals surface area contributed by atoms with E-state index < -0.39 is 0 Å². The quantitative estimate of drug-likeness (QED) is 0.780. The van der Waals surface area contributed by atoms with Gasteiger partial charge in [0.2, 0.25) is 0 Å². The van der Waals surface area contributed by atoms with Crippen molar-refractivity contribution in [3.8, 4) is 5.75 Å². The maximum atomic E-state index is 5.73. The van der Waals surface area contributed by atoms with Gasteiger partial charge in [-0.25, -0.2) is 0 Å². The molecule has 4 heteroatoms. The minimum atomic E-state index is 0. The molecule has 0 atom stereocenters. The second kappa shape index (κ2) is 4.58. The van der Waals surface area contributed by atoms with Crippen LogP contribution < -0.4 is 10.5 Å². The van der Waals surface area contributed by atoms with E-state index >= 15 is 0 Å². The highest BCUT2D eigenvalue weighted by Gasteiger charge is 2.03. The van der Waals surface area contributed by atoms with Crippen molar-refractivity contribution >= 4 is 34.0 Å². The van der Waals surface area contributed by atoms with Gasteiger partial charge < -0.3 is 10.5 Å². The second-order valence-corrected chi connectivity index (χ2v) is 3.14. The summed E-state index contributed by atoms with van der Waals surface area (Å²) in [4.78, 5) is 0. The molecule has 0 aliphatic heterocycles. The lowest BCUT2D eigenvalue weighted by molar-refractivity contribution is 0.412. The Morgan fingerprint density at radius 3 is 2.50 bits per heavy atom. The molecule has 68 valence electrons. The fraction of sp³-hybridized carbons (Fsp3) is 0.250. The zero-order valence-electron chi connectivity index (χ0n) is 6.93. The van der Waals surface area contributed by atoms with Crippen molar-refractivity contribution in [3.05, 3.63) is 22.2 Å². The number of nitrogens with two attached hydrogens (primary N) is 1. The Hall–Kier alpha value is -0.410. The lowest BCUT2D eigenvalue weighted by Gasteiger charge is -2.07. The SMILES string of the molecule is COc1ccc(Br)c(N)c1C.Cl. The van der Waals surface area contributed by atoms with Crippen molar-refractivity contribution in [3.63, 3.8) is 0 Å². The number of benzene rings is 1. The Balaban J connectivity index is 0.00000121. The number of halogens is 2. The molecule has 0 radical (unpaired) electrons. The van der Waals surface area contributed by atoms with Crippen molar-refractivity contribution < 1.29 is 4.74 Å². The zero-order valence-corrected chi connectivity index (χ0v) is 9.33. The summed E-state index contributed by atoms with van der Waals surface area (Å²) in [5.74, 6) is 0.825. The van der Waals surface area contributed by atoms with Gasteiger partial charge in [0.1, 0.15) is 5.75 Å². The van der Waals surface area contributed by atoms with Crippen molar-refractivity contribution in [1.29, 1.82) is 0 Å². The van der Waals surface area contributed by atoms with E-state index in [0.717, 1.165) is 21.5 Å². The normalized spacial score (nSPS) is 8.92. The van der Waals surface area contributed by atoms with E-state index in [2.05, 4.69) is 15.9 Å². The molecule has 2 N–H and O–H groups in total. The summed E-state index contributed by atoms with van der Waals surface area (Å²) in [6.07, 6.45) is 0. The zero-order chi connectivity index (χ0) is 8.43. The molecule has 0 spiro atoms. The van der Waals surface area contributed by atoms with E-state index in [4.69, 9.17) is 10.5 Å². The van der Waals surface area contributed by atoms with Crippen molar-refractivity contribution in [2.75, 3.05) is 12.8 Å². The molecule has 1 rings (SSSR count). The molecule has 1 aromatic rings. The van der Waals surface area contributed by atoms with Gasteiger partial charge in [0.25, 0.3) is 0 Å². The highest BCUT2D eigenvalue weighted by molar-refractivity contribution is 9.10. The number of anilines is 1. The minimum absolute atomic E-state index is 0. The highest BCUT2D eigenvalue weighted by Crippen LogP contribution is 2.29. The average Bonchev–Trinajstić information content (AvgIpc) is 2.01. The van der Waals surface area contributed by atoms with Crippen LogP contribution in [-0.2, 0) is 0 Å². The molecule has 0 aromatic heterocycles. The fourth-order valence-corrected chi connectivity index (χ4v) is 1.33. The smallest absolute Gasteiger partial charge is 0.123 e. The molecule has 12 heavy (non-hydrogen) atoms. The topological polar surface area (TPSA) is 35.2 Å². The van der Waals surface area contributed by atoms with Crippen molar-refractivity contribution in [1.82, 2.24) is 0 Å². The van der Waals surface area contributed by atoms with Crippen LogP contribution in [0.1, 0.15) is 5.56 Å². The summed E-state index contributed by atoms with van der Waals surface area (Å²) in [6.45, 7) is 1.93. The van der Waals surface area contributed by atoms with Gasteiger partial charge in [0.05, 0.1) is 12.8 Å². The van der Waals surface area contributed by atoms with Gasteiger partial charge >= 0.3 is 0 Å². The van der Waals surface area contributed by atoms with Crippen molar-refractivity contribution in [2.24, 2.45) is 0 Å². The summed E-state index contributed by atoms with van der Waals surface area (Å²) < 4.78 is 5.99. The predicted octanol–water partition coefficient (Wildman–Crippen LogP) is 2.77. The Bertz CT molecular complexity index is 278. The van der Waals surface area contributed by atoms with Gasteiger partial charge in [-0.05, 0) is 35.0 Å². The van der Waals surface area contributed by atoms with E-state index in [0.29, 0.717) is 0 Å². The van der Waals surface area contributed by atoms with E-state index in [1.807, 2.05) is 19.1 Å². The molecule has 0 bridgehead atoms. The lowest BCUT2D eigenvalue weighted by atomic mass is 10.2. The third-order valence-corrected chi connectivity index (χ3v) is 2.32. The second-order valence-electron chi connectivity index (χ2n) is 2.29. The summed E-state index contributed by atoms with van der Waals surface area (Å²) in [5.41, 5.74) is 7.45. The molecule has 0 amide bonds. The Morgan fingerprint density at radius 1 is 1.42 bits per heavy atom. The van der Waals surface area contributed by atoms with E-state index in [1.54, 1.807) is 7.11 Å². The van der Waals surface area contributed by atoms with Crippen LogP contribution in [-0.4, -0.2) is 7.11 Å². The van der Waals surface area contributed by atoms with Gasteiger partial charge in [0.15, 0.2) is 0 Å². The molecule has 0 saturated carbocycles. The molecular weight excluding hydrogens is 241 g/mol. The Kier molecular flexibility index (Phi) is 4.42. The van der Waals surface area contributed by atoms with Crippen molar-refractivity contribution in [2.45, 2.75) is 6.92 Å². The standard InChI is InChI=1S/C8H10BrNO.ClH/c1-5-7(11-2)4-3-6(9)8(5)10;/h3-4H,10H2,1-2H3;1H. The summed E-state index contributed by atoms with van der Waals surface area (Å²) in [7, 11) is 1.63. The third-order valence-electron chi connectivity index (χ3n) is 1.63. The van der Waals surface area contributed by atoms with E-state index in [-0.39, 0.29) is 12.4 Å². The Morgan fingerprint density at radius 2 is 2.00 bits per heavy atom. The molecule has 0 aliphatic carbocycles. The molecule has 2 nitrogen and oxygen atoms in total. The summed E-state index contributed by atoms with van der Waals surface area (Å²) in [6, 6.07) is 3.76. The average molecular weight is 253 g/mol. The molecule has 0 fully saturated rings. The van der Waals surface area contributed by atoms with Crippen LogP contribution in [0.5, 0.6) is 5.75 Å². The fourth-order valence-electron chi connectivity index (χ4n) is 0.897.